The van der Waals surface area contributed by atoms with E-state index in [2.05, 4.69) is 10.6 Å². The fourth-order valence-electron chi connectivity index (χ4n) is 6.04. The number of fused-ring (bicyclic) bond motifs is 1. The highest BCUT2D eigenvalue weighted by Gasteiger charge is 2.49. The Morgan fingerprint density at radius 1 is 1.11 bits per heavy atom. The van der Waals surface area contributed by atoms with Crippen LogP contribution in [0.15, 0.2) is 34.7 Å². The minimum atomic E-state index is -1.44. The average molecular weight is 658 g/mol. The Morgan fingerprint density at radius 2 is 1.79 bits per heavy atom. The first-order valence-electron chi connectivity index (χ1n) is 16.1. The molecule has 1 atom stereocenters. The third kappa shape index (κ3) is 6.85. The molecule has 1 saturated heterocycles. The van der Waals surface area contributed by atoms with Gasteiger partial charge in [-0.3, -0.25) is 14.4 Å². The minimum absolute atomic E-state index is 0.0616. The van der Waals surface area contributed by atoms with Crippen molar-refractivity contribution in [2.24, 2.45) is 0 Å². The number of methoxy groups -OCH3 is 1. The number of rotatable bonds is 11. The zero-order valence-corrected chi connectivity index (χ0v) is 28.1. The van der Waals surface area contributed by atoms with E-state index in [0.717, 1.165) is 12.1 Å². The molecule has 3 amide bonds. The molecule has 2 fully saturated rings. The van der Waals surface area contributed by atoms with Crippen molar-refractivity contribution in [2.45, 2.75) is 97.0 Å². The number of furan rings is 1. The van der Waals surface area contributed by atoms with Gasteiger partial charge in [0.15, 0.2) is 17.4 Å². The van der Waals surface area contributed by atoms with E-state index in [1.54, 1.807) is 39.2 Å². The Morgan fingerprint density at radius 3 is 2.36 bits per heavy atom. The normalized spacial score (nSPS) is 19.3. The van der Waals surface area contributed by atoms with Crippen molar-refractivity contribution in [3.8, 4) is 5.75 Å². The summed E-state index contributed by atoms with van der Waals surface area (Å²) in [6, 6.07) is 6.47. The predicted molar refractivity (Wildman–Crippen MR) is 172 cm³/mol. The first kappa shape index (κ1) is 35.8. The van der Waals surface area contributed by atoms with E-state index < -0.39 is 52.4 Å². The number of hydrogen-bond acceptors (Lipinski definition) is 7. The van der Waals surface area contributed by atoms with Crippen LogP contribution in [0.2, 0.25) is 0 Å². The zero-order valence-electron chi connectivity index (χ0n) is 28.1. The number of nitrogens with zero attached hydrogens (tertiary/aromatic N) is 1. The lowest BCUT2D eigenvalue weighted by Gasteiger charge is -2.49. The molecule has 0 radical (unpaired) electrons. The van der Waals surface area contributed by atoms with Gasteiger partial charge >= 0.3 is 0 Å². The Hall–Kier alpha value is -4.03. The van der Waals surface area contributed by atoms with Crippen LogP contribution in [0.4, 0.5) is 8.78 Å². The molecule has 5 rings (SSSR count). The number of phenols is 1. The van der Waals surface area contributed by atoms with Gasteiger partial charge in [0, 0.05) is 36.2 Å². The van der Waals surface area contributed by atoms with Gasteiger partial charge in [0.2, 0.25) is 5.91 Å². The summed E-state index contributed by atoms with van der Waals surface area (Å²) in [7, 11) is 1.58. The van der Waals surface area contributed by atoms with Crippen LogP contribution in [0.25, 0.3) is 11.0 Å². The summed E-state index contributed by atoms with van der Waals surface area (Å²) >= 11 is 0. The van der Waals surface area contributed by atoms with E-state index in [4.69, 9.17) is 13.9 Å². The molecule has 10 nitrogen and oxygen atoms in total. The quantitative estimate of drug-likeness (QED) is 0.244. The van der Waals surface area contributed by atoms with Gasteiger partial charge in [0.25, 0.3) is 11.8 Å². The number of amides is 3. The molecular formula is C35H45F2N3O7. The van der Waals surface area contributed by atoms with Crippen molar-refractivity contribution >= 4 is 28.7 Å². The Balaban J connectivity index is 0.00000245. The molecule has 2 aromatic carbocycles. The van der Waals surface area contributed by atoms with Crippen LogP contribution < -0.4 is 10.6 Å². The van der Waals surface area contributed by atoms with Gasteiger partial charge in [-0.25, -0.2) is 8.78 Å². The first-order valence-corrected chi connectivity index (χ1v) is 16.1. The molecule has 1 saturated carbocycles. The smallest absolute Gasteiger partial charge is 0.291 e. The van der Waals surface area contributed by atoms with Gasteiger partial charge in [-0.2, -0.15) is 0 Å². The fourth-order valence-corrected chi connectivity index (χ4v) is 6.04. The molecule has 3 aromatic rings. The van der Waals surface area contributed by atoms with Crippen LogP contribution in [-0.2, 0) is 27.2 Å². The van der Waals surface area contributed by atoms with E-state index in [0.29, 0.717) is 54.6 Å². The Kier molecular flexibility index (Phi) is 11.0. The number of ether oxygens (including phenoxy) is 2. The third-order valence-electron chi connectivity index (χ3n) is 9.15. The fraction of sp³-hybridized carbons (Fsp3) is 0.514. The highest BCUT2D eigenvalue weighted by Crippen LogP contribution is 2.38. The van der Waals surface area contributed by atoms with E-state index in [-0.39, 0.29) is 30.2 Å². The zero-order chi connectivity index (χ0) is 34.7. The lowest BCUT2D eigenvalue weighted by Crippen LogP contribution is -2.65. The molecule has 1 aliphatic heterocycles. The maximum absolute atomic E-state index is 14.5. The van der Waals surface area contributed by atoms with E-state index in [9.17, 15) is 28.3 Å². The number of carbonyl (C=O) groups excluding carboxylic acids is 3. The van der Waals surface area contributed by atoms with Crippen LogP contribution in [0, 0.1) is 11.6 Å². The molecule has 12 heteroatoms. The minimum Gasteiger partial charge on any atom is -0.507 e. The maximum atomic E-state index is 14.5. The van der Waals surface area contributed by atoms with Crippen LogP contribution in [0.5, 0.6) is 5.75 Å². The van der Waals surface area contributed by atoms with Crippen LogP contribution in [0.3, 0.4) is 0 Å². The van der Waals surface area contributed by atoms with Gasteiger partial charge in [-0.05, 0) is 63.8 Å². The number of phenolic OH excluding ortho intramolecular Hbond substituents is 1. The Bertz CT molecular complexity index is 1630. The van der Waals surface area contributed by atoms with Gasteiger partial charge in [-0.15, -0.1) is 0 Å². The number of halogens is 2. The van der Waals surface area contributed by atoms with Crippen molar-refractivity contribution < 1.29 is 42.2 Å². The summed E-state index contributed by atoms with van der Waals surface area (Å²) in [5, 5.41) is 16.3. The van der Waals surface area contributed by atoms with Gasteiger partial charge < -0.3 is 34.5 Å². The second-order valence-corrected chi connectivity index (χ2v) is 12.3. The second kappa shape index (κ2) is 14.4. The monoisotopic (exact) mass is 657 g/mol. The maximum Gasteiger partial charge on any atom is 0.291 e. The summed E-state index contributed by atoms with van der Waals surface area (Å²) in [6.45, 7) is 11.5. The molecule has 0 bridgehead atoms. The van der Waals surface area contributed by atoms with E-state index in [1.165, 1.54) is 4.90 Å². The molecule has 1 aromatic heterocycles. The van der Waals surface area contributed by atoms with Gasteiger partial charge in [0.1, 0.15) is 16.9 Å². The van der Waals surface area contributed by atoms with Crippen LogP contribution in [0.1, 0.15) is 92.8 Å². The highest BCUT2D eigenvalue weighted by atomic mass is 19.2. The largest absolute Gasteiger partial charge is 0.507 e. The molecule has 2 aliphatic rings. The van der Waals surface area contributed by atoms with Crippen LogP contribution in [-0.4, -0.2) is 71.3 Å². The van der Waals surface area contributed by atoms with Gasteiger partial charge in [-0.1, -0.05) is 33.8 Å². The molecule has 3 N–H and O–H groups in total. The van der Waals surface area contributed by atoms with Crippen LogP contribution >= 0.6 is 0 Å². The number of nitrogens with one attached hydrogen (secondary N) is 2. The third-order valence-corrected chi connectivity index (χ3v) is 9.15. The molecule has 47 heavy (non-hydrogen) atoms. The molecule has 256 valence electrons. The standard InChI is InChI=1S/C33H39F2N3O7.C2H6/c1-6-21-22-9-8-18(29(40)37-32(3)16-44-17-32)12-26(22)45-28(21)30(41)38(19-13-20(14-19)43-5)33(4,7-2)31(42)36-15-23-25(39)11-10-24(34)27(23)35;1-2/h8-12,19-20,39H,6-7,13-17H2,1-5H3,(H,36,42)(H,37,40);1-2H3. The molecule has 0 spiro atoms. The number of carbonyl (C=O) groups is 3. The lowest BCUT2D eigenvalue weighted by atomic mass is 9.82. The SMILES string of the molecule is CC.CCc1c(C(=O)N(C2CC(OC)C2)C(C)(CC)C(=O)NCc2c(O)ccc(F)c2F)oc2cc(C(=O)NC3(C)COC3)ccc12. The number of benzene rings is 2. The topological polar surface area (TPSA) is 130 Å². The van der Waals surface area contributed by atoms with Crippen molar-refractivity contribution in [3.63, 3.8) is 0 Å². The molecule has 1 unspecified atom stereocenters. The summed E-state index contributed by atoms with van der Waals surface area (Å²) < 4.78 is 45.2. The highest BCUT2D eigenvalue weighted by molar-refractivity contribution is 6.04. The van der Waals surface area contributed by atoms with Crippen molar-refractivity contribution in [3.05, 3.63) is 64.4 Å². The predicted octanol–water partition coefficient (Wildman–Crippen LogP) is 5.63. The summed E-state index contributed by atoms with van der Waals surface area (Å²) in [4.78, 5) is 42.8. The van der Waals surface area contributed by atoms with Crippen molar-refractivity contribution in [1.29, 1.82) is 0 Å². The second-order valence-electron chi connectivity index (χ2n) is 12.3. The van der Waals surface area contributed by atoms with E-state index >= 15 is 0 Å². The summed E-state index contributed by atoms with van der Waals surface area (Å²) in [5.41, 5.74) is -0.906. The average Bonchev–Trinajstić information content (AvgIpc) is 3.41. The first-order chi connectivity index (χ1) is 22.4. The summed E-state index contributed by atoms with van der Waals surface area (Å²) in [6.07, 6.45) is 1.50. The van der Waals surface area contributed by atoms with Gasteiger partial charge in [0.05, 0.1) is 30.4 Å². The number of aryl methyl sites for hydroxylation is 1. The molecule has 2 heterocycles. The summed E-state index contributed by atoms with van der Waals surface area (Å²) in [5.74, 6) is -4.26. The van der Waals surface area contributed by atoms with Crippen molar-refractivity contribution in [1.82, 2.24) is 15.5 Å². The van der Waals surface area contributed by atoms with Crippen molar-refractivity contribution in [2.75, 3.05) is 20.3 Å². The Labute approximate surface area is 273 Å². The molecular weight excluding hydrogens is 612 g/mol. The number of hydrogen-bond donors (Lipinski definition) is 3. The molecule has 1 aliphatic carbocycles. The number of aromatic hydroxyl groups is 1. The van der Waals surface area contributed by atoms with E-state index in [1.807, 2.05) is 27.7 Å². The lowest BCUT2D eigenvalue weighted by molar-refractivity contribution is -0.136.